The minimum atomic E-state index is -0.409. The number of hydrogen-bond acceptors (Lipinski definition) is 3. The zero-order chi connectivity index (χ0) is 12.0. The molecule has 92 valence electrons. The van der Waals surface area contributed by atoms with Crippen molar-refractivity contribution < 1.29 is 14.6 Å². The van der Waals surface area contributed by atoms with Gasteiger partial charge in [0.05, 0.1) is 0 Å². The van der Waals surface area contributed by atoms with E-state index in [1.807, 2.05) is 20.8 Å². The van der Waals surface area contributed by atoms with Crippen molar-refractivity contribution in [1.29, 1.82) is 0 Å². The maximum atomic E-state index is 11.7. The zero-order valence-electron chi connectivity index (χ0n) is 10.3. The van der Waals surface area contributed by atoms with Crippen LogP contribution in [0.5, 0.6) is 0 Å². The van der Waals surface area contributed by atoms with Gasteiger partial charge in [0.25, 0.3) is 0 Å². The van der Waals surface area contributed by atoms with Crippen LogP contribution in [0.2, 0.25) is 0 Å². The van der Waals surface area contributed by atoms with E-state index in [1.54, 1.807) is 4.90 Å². The molecule has 1 saturated heterocycles. The smallest absolute Gasteiger partial charge is 0.410 e. The summed E-state index contributed by atoms with van der Waals surface area (Å²) in [7, 11) is 0. The molecule has 0 aromatic heterocycles. The van der Waals surface area contributed by atoms with Crippen LogP contribution in [-0.2, 0) is 4.74 Å². The summed E-state index contributed by atoms with van der Waals surface area (Å²) in [5.41, 5.74) is -0.0759. The summed E-state index contributed by atoms with van der Waals surface area (Å²) < 4.78 is 5.30. The molecule has 2 fully saturated rings. The van der Waals surface area contributed by atoms with Gasteiger partial charge in [-0.2, -0.15) is 0 Å². The molecule has 16 heavy (non-hydrogen) atoms. The Bertz CT molecular complexity index is 289. The first-order chi connectivity index (χ1) is 7.36. The third kappa shape index (κ3) is 2.17. The quantitative estimate of drug-likeness (QED) is 0.780. The van der Waals surface area contributed by atoms with Crippen LogP contribution < -0.4 is 0 Å². The number of nitrogens with zero attached hydrogens (tertiary/aromatic N) is 1. The maximum absolute atomic E-state index is 11.7. The number of rotatable bonds is 2. The molecule has 1 unspecified atom stereocenters. The van der Waals surface area contributed by atoms with Gasteiger partial charge in [-0.3, -0.25) is 0 Å². The van der Waals surface area contributed by atoms with Gasteiger partial charge in [-0.05, 0) is 39.5 Å². The molecule has 2 aliphatic rings. The second-order valence-corrected chi connectivity index (χ2v) is 6.11. The SMILES string of the molecule is CC(C)(C)OC(=O)N1CC2(CC2CCO)C1. The van der Waals surface area contributed by atoms with Crippen LogP contribution in [0.25, 0.3) is 0 Å². The minimum absolute atomic E-state index is 0.201. The Balaban J connectivity index is 1.75. The van der Waals surface area contributed by atoms with Gasteiger partial charge in [-0.15, -0.1) is 0 Å². The van der Waals surface area contributed by atoms with Crippen molar-refractivity contribution in [3.8, 4) is 0 Å². The van der Waals surface area contributed by atoms with Crippen molar-refractivity contribution in [1.82, 2.24) is 4.90 Å². The third-order valence-corrected chi connectivity index (χ3v) is 3.50. The first kappa shape index (κ1) is 11.7. The second kappa shape index (κ2) is 3.62. The summed E-state index contributed by atoms with van der Waals surface area (Å²) in [5.74, 6) is 0.621. The monoisotopic (exact) mass is 227 g/mol. The average Bonchev–Trinajstić information content (AvgIpc) is 2.73. The largest absolute Gasteiger partial charge is 0.444 e. The van der Waals surface area contributed by atoms with Crippen molar-refractivity contribution in [3.05, 3.63) is 0 Å². The van der Waals surface area contributed by atoms with E-state index in [4.69, 9.17) is 9.84 Å². The minimum Gasteiger partial charge on any atom is -0.444 e. The van der Waals surface area contributed by atoms with Crippen LogP contribution in [0.4, 0.5) is 4.79 Å². The molecular formula is C12H21NO3. The van der Waals surface area contributed by atoms with Crippen molar-refractivity contribution >= 4 is 6.09 Å². The molecule has 4 heteroatoms. The lowest BCUT2D eigenvalue weighted by molar-refractivity contribution is -0.00985. The second-order valence-electron chi connectivity index (χ2n) is 6.11. The number of hydrogen-bond donors (Lipinski definition) is 1. The van der Waals surface area contributed by atoms with Crippen LogP contribution in [0.15, 0.2) is 0 Å². The Morgan fingerprint density at radius 1 is 1.50 bits per heavy atom. The van der Waals surface area contributed by atoms with E-state index in [1.165, 1.54) is 0 Å². The molecule has 1 spiro atoms. The maximum Gasteiger partial charge on any atom is 0.410 e. The molecule has 0 bridgehead atoms. The highest BCUT2D eigenvalue weighted by Crippen LogP contribution is 2.60. The molecular weight excluding hydrogens is 206 g/mol. The number of aliphatic hydroxyl groups excluding tert-OH is 1. The van der Waals surface area contributed by atoms with E-state index in [9.17, 15) is 4.79 Å². The van der Waals surface area contributed by atoms with Crippen LogP contribution in [0.3, 0.4) is 0 Å². The summed E-state index contributed by atoms with van der Waals surface area (Å²) in [6.45, 7) is 7.53. The summed E-state index contributed by atoms with van der Waals surface area (Å²) in [6, 6.07) is 0. The predicted molar refractivity (Wildman–Crippen MR) is 60.0 cm³/mol. The molecule has 1 amide bonds. The number of carbonyl (C=O) groups is 1. The third-order valence-electron chi connectivity index (χ3n) is 3.50. The van der Waals surface area contributed by atoms with Crippen molar-refractivity contribution in [2.45, 2.75) is 39.2 Å². The van der Waals surface area contributed by atoms with E-state index in [-0.39, 0.29) is 12.7 Å². The molecule has 2 rings (SSSR count). The molecule has 4 nitrogen and oxygen atoms in total. The number of aliphatic hydroxyl groups is 1. The van der Waals surface area contributed by atoms with E-state index >= 15 is 0 Å². The fourth-order valence-corrected chi connectivity index (χ4v) is 2.55. The first-order valence-corrected chi connectivity index (χ1v) is 5.95. The Morgan fingerprint density at radius 3 is 2.62 bits per heavy atom. The van der Waals surface area contributed by atoms with Gasteiger partial charge in [-0.25, -0.2) is 4.79 Å². The van der Waals surface area contributed by atoms with E-state index in [2.05, 4.69) is 0 Å². The van der Waals surface area contributed by atoms with E-state index in [0.29, 0.717) is 11.3 Å². The number of likely N-dealkylation sites (tertiary alicyclic amines) is 1. The lowest BCUT2D eigenvalue weighted by Gasteiger charge is -2.41. The molecule has 0 aromatic carbocycles. The molecule has 1 atom stereocenters. The Hall–Kier alpha value is -0.770. The van der Waals surface area contributed by atoms with Crippen LogP contribution in [-0.4, -0.2) is 41.4 Å². The van der Waals surface area contributed by atoms with Gasteiger partial charge in [0.1, 0.15) is 5.60 Å². The van der Waals surface area contributed by atoms with Crippen molar-refractivity contribution in [2.24, 2.45) is 11.3 Å². The van der Waals surface area contributed by atoms with Gasteiger partial charge in [0.15, 0.2) is 0 Å². The summed E-state index contributed by atoms with van der Waals surface area (Å²) in [5, 5.41) is 8.85. The highest BCUT2D eigenvalue weighted by Gasteiger charge is 2.62. The fourth-order valence-electron chi connectivity index (χ4n) is 2.55. The molecule has 0 aromatic rings. The molecule has 1 saturated carbocycles. The lowest BCUT2D eigenvalue weighted by atomic mass is 9.93. The highest BCUT2D eigenvalue weighted by molar-refractivity contribution is 5.69. The first-order valence-electron chi connectivity index (χ1n) is 5.95. The average molecular weight is 227 g/mol. The van der Waals surface area contributed by atoms with Gasteiger partial charge in [-0.1, -0.05) is 0 Å². The normalized spacial score (nSPS) is 26.5. The van der Waals surface area contributed by atoms with Gasteiger partial charge in [0.2, 0.25) is 0 Å². The van der Waals surface area contributed by atoms with Gasteiger partial charge >= 0.3 is 6.09 Å². The molecule has 1 aliphatic heterocycles. The molecule has 1 N–H and O–H groups in total. The zero-order valence-corrected chi connectivity index (χ0v) is 10.3. The van der Waals surface area contributed by atoms with Crippen molar-refractivity contribution in [3.63, 3.8) is 0 Å². The Morgan fingerprint density at radius 2 is 2.12 bits per heavy atom. The van der Waals surface area contributed by atoms with Crippen molar-refractivity contribution in [2.75, 3.05) is 19.7 Å². The molecule has 1 heterocycles. The van der Waals surface area contributed by atoms with E-state index < -0.39 is 5.60 Å². The summed E-state index contributed by atoms with van der Waals surface area (Å²) >= 11 is 0. The standard InChI is InChI=1S/C12H21NO3/c1-11(2,3)16-10(15)13-7-12(8-13)6-9(12)4-5-14/h9,14H,4-8H2,1-3H3. The van der Waals surface area contributed by atoms with Gasteiger partial charge in [0, 0.05) is 25.1 Å². The number of ether oxygens (including phenoxy) is 1. The predicted octanol–water partition coefficient (Wildman–Crippen LogP) is 1.63. The molecule has 0 radical (unpaired) electrons. The summed E-state index contributed by atoms with van der Waals surface area (Å²) in [6.07, 6.45) is 1.84. The topological polar surface area (TPSA) is 49.8 Å². The van der Waals surface area contributed by atoms with Gasteiger partial charge < -0.3 is 14.7 Å². The Labute approximate surface area is 96.6 Å². The number of carbonyl (C=O) groups excluding carboxylic acids is 1. The fraction of sp³-hybridized carbons (Fsp3) is 0.917. The van der Waals surface area contributed by atoms with E-state index in [0.717, 1.165) is 25.9 Å². The highest BCUT2D eigenvalue weighted by atomic mass is 16.6. The van der Waals surface area contributed by atoms with Crippen LogP contribution in [0, 0.1) is 11.3 Å². The lowest BCUT2D eigenvalue weighted by Crippen LogP contribution is -2.53. The Kier molecular flexibility index (Phi) is 2.65. The van der Waals surface area contributed by atoms with Crippen LogP contribution >= 0.6 is 0 Å². The molecule has 1 aliphatic carbocycles. The number of amides is 1. The summed E-state index contributed by atoms with van der Waals surface area (Å²) in [4.78, 5) is 13.4. The van der Waals surface area contributed by atoms with Crippen LogP contribution in [0.1, 0.15) is 33.6 Å².